The van der Waals surface area contributed by atoms with E-state index in [1.54, 1.807) is 12.4 Å². The Kier molecular flexibility index (Phi) is 3.98. The maximum atomic E-state index is 11.9. The fourth-order valence-corrected chi connectivity index (χ4v) is 3.18. The summed E-state index contributed by atoms with van der Waals surface area (Å²) in [6.07, 6.45) is 5.40. The van der Waals surface area contributed by atoms with Crippen molar-refractivity contribution in [2.24, 2.45) is 5.92 Å². The van der Waals surface area contributed by atoms with Gasteiger partial charge in [-0.2, -0.15) is 0 Å². The van der Waals surface area contributed by atoms with Crippen molar-refractivity contribution >= 4 is 5.91 Å². The van der Waals surface area contributed by atoms with Gasteiger partial charge in [-0.3, -0.25) is 9.78 Å². The van der Waals surface area contributed by atoms with Crippen LogP contribution in [0.4, 0.5) is 0 Å². The normalized spacial score (nSPS) is 29.4. The molecule has 5 heteroatoms. The fraction of sp³-hybridized carbons (Fsp3) is 0.600. The molecule has 0 radical (unpaired) electrons. The molecule has 3 heterocycles. The lowest BCUT2D eigenvalue weighted by Gasteiger charge is -2.15. The summed E-state index contributed by atoms with van der Waals surface area (Å²) in [7, 11) is 2.12. The molecule has 1 aromatic heterocycles. The van der Waals surface area contributed by atoms with Gasteiger partial charge in [0.1, 0.15) is 0 Å². The summed E-state index contributed by atoms with van der Waals surface area (Å²) in [6, 6.07) is 3.83. The van der Waals surface area contributed by atoms with Crippen molar-refractivity contribution in [1.82, 2.24) is 15.2 Å². The number of hydrogen-bond acceptors (Lipinski definition) is 4. The Morgan fingerprint density at radius 2 is 2.45 bits per heavy atom. The molecule has 5 nitrogen and oxygen atoms in total. The molecule has 0 saturated carbocycles. The monoisotopic (exact) mass is 275 g/mol. The number of amides is 1. The van der Waals surface area contributed by atoms with E-state index in [-0.39, 0.29) is 12.0 Å². The number of fused-ring (bicyclic) bond motifs is 1. The number of ether oxygens (including phenoxy) is 1. The topological polar surface area (TPSA) is 54.5 Å². The first kappa shape index (κ1) is 13.5. The van der Waals surface area contributed by atoms with Gasteiger partial charge in [-0.25, -0.2) is 0 Å². The molecule has 0 spiro atoms. The van der Waals surface area contributed by atoms with Crippen molar-refractivity contribution in [3.63, 3.8) is 0 Å². The third-order valence-electron chi connectivity index (χ3n) is 4.12. The number of carbonyl (C=O) groups excluding carboxylic acids is 1. The molecule has 2 aliphatic heterocycles. The van der Waals surface area contributed by atoms with E-state index in [2.05, 4.69) is 22.2 Å². The number of likely N-dealkylation sites (tertiary alicyclic amines) is 1. The molecule has 0 unspecified atom stereocenters. The van der Waals surface area contributed by atoms with E-state index in [0.717, 1.165) is 25.1 Å². The largest absolute Gasteiger partial charge is 0.373 e. The fourth-order valence-electron chi connectivity index (χ4n) is 3.18. The number of nitrogens with one attached hydrogen (secondary N) is 1. The third kappa shape index (κ3) is 3.16. The highest BCUT2D eigenvalue weighted by Gasteiger charge is 2.41. The van der Waals surface area contributed by atoms with Gasteiger partial charge in [0.05, 0.1) is 18.6 Å². The molecule has 3 atom stereocenters. The van der Waals surface area contributed by atoms with Crippen molar-refractivity contribution in [2.45, 2.75) is 31.6 Å². The van der Waals surface area contributed by atoms with E-state index in [1.807, 2.05) is 12.1 Å². The van der Waals surface area contributed by atoms with Crippen molar-refractivity contribution in [3.05, 3.63) is 30.1 Å². The van der Waals surface area contributed by atoms with Crippen LogP contribution in [0.3, 0.4) is 0 Å². The molecule has 2 aliphatic rings. The third-order valence-corrected chi connectivity index (χ3v) is 4.12. The van der Waals surface area contributed by atoms with Crippen LogP contribution in [-0.2, 0) is 16.1 Å². The lowest BCUT2D eigenvalue weighted by molar-refractivity contribution is -0.123. The Balaban J connectivity index is 1.42. The van der Waals surface area contributed by atoms with Gasteiger partial charge < -0.3 is 15.0 Å². The minimum Gasteiger partial charge on any atom is -0.373 e. The van der Waals surface area contributed by atoms with E-state index in [4.69, 9.17) is 4.74 Å². The van der Waals surface area contributed by atoms with E-state index < -0.39 is 0 Å². The Morgan fingerprint density at radius 1 is 1.55 bits per heavy atom. The summed E-state index contributed by atoms with van der Waals surface area (Å²) in [5.74, 6) is 0.670. The predicted molar refractivity (Wildman–Crippen MR) is 75.0 cm³/mol. The Morgan fingerprint density at radius 3 is 3.20 bits per heavy atom. The number of nitrogens with zero attached hydrogens (tertiary/aromatic N) is 2. The van der Waals surface area contributed by atoms with Crippen LogP contribution < -0.4 is 5.32 Å². The van der Waals surface area contributed by atoms with E-state index in [0.29, 0.717) is 25.0 Å². The van der Waals surface area contributed by atoms with Gasteiger partial charge in [0.25, 0.3) is 0 Å². The number of aromatic nitrogens is 1. The minimum absolute atomic E-state index is 0.0622. The number of rotatable bonds is 4. The molecule has 3 rings (SSSR count). The standard InChI is InChI=1S/C15H21N3O2/c1-18-9-12-5-13(20-14(12)10-18)6-15(19)17-8-11-3-2-4-16-7-11/h2-4,7,12-14H,5-6,8-10H2,1H3,(H,17,19)/t12-,13-,14+/m0/s1. The van der Waals surface area contributed by atoms with Gasteiger partial charge in [-0.05, 0) is 25.1 Å². The van der Waals surface area contributed by atoms with Crippen molar-refractivity contribution in [2.75, 3.05) is 20.1 Å². The van der Waals surface area contributed by atoms with Gasteiger partial charge in [-0.1, -0.05) is 6.07 Å². The highest BCUT2D eigenvalue weighted by Crippen LogP contribution is 2.33. The molecule has 0 aliphatic carbocycles. The van der Waals surface area contributed by atoms with Crippen molar-refractivity contribution in [3.8, 4) is 0 Å². The summed E-state index contributed by atoms with van der Waals surface area (Å²) in [6.45, 7) is 2.63. The van der Waals surface area contributed by atoms with Crippen LogP contribution in [0, 0.1) is 5.92 Å². The summed E-state index contributed by atoms with van der Waals surface area (Å²) in [5, 5.41) is 2.93. The second kappa shape index (κ2) is 5.89. The zero-order chi connectivity index (χ0) is 13.9. The molecule has 108 valence electrons. The average Bonchev–Trinajstić information content (AvgIpc) is 2.94. The molecule has 1 N–H and O–H groups in total. The summed E-state index contributed by atoms with van der Waals surface area (Å²) >= 11 is 0. The van der Waals surface area contributed by atoms with Gasteiger partial charge in [0.15, 0.2) is 0 Å². The van der Waals surface area contributed by atoms with Gasteiger partial charge >= 0.3 is 0 Å². The zero-order valence-corrected chi connectivity index (χ0v) is 11.8. The number of likely N-dealkylation sites (N-methyl/N-ethyl adjacent to an activating group) is 1. The molecule has 20 heavy (non-hydrogen) atoms. The zero-order valence-electron chi connectivity index (χ0n) is 11.8. The maximum absolute atomic E-state index is 11.9. The Hall–Kier alpha value is -1.46. The van der Waals surface area contributed by atoms with Crippen LogP contribution in [-0.4, -0.2) is 48.1 Å². The Labute approximate surface area is 119 Å². The number of hydrogen-bond donors (Lipinski definition) is 1. The quantitative estimate of drug-likeness (QED) is 0.883. The molecular formula is C15H21N3O2. The smallest absolute Gasteiger partial charge is 0.222 e. The SMILES string of the molecule is CN1C[C@@H]2C[C@@H](CC(=O)NCc3cccnc3)O[C@@H]2C1. The summed E-state index contributed by atoms with van der Waals surface area (Å²) in [4.78, 5) is 18.3. The lowest BCUT2D eigenvalue weighted by atomic mass is 10.0. The van der Waals surface area contributed by atoms with Crippen molar-refractivity contribution < 1.29 is 9.53 Å². The highest BCUT2D eigenvalue weighted by molar-refractivity contribution is 5.76. The molecule has 0 aromatic carbocycles. The summed E-state index contributed by atoms with van der Waals surface area (Å²) in [5.41, 5.74) is 1.02. The minimum atomic E-state index is 0.0622. The second-order valence-corrected chi connectivity index (χ2v) is 5.86. The molecule has 0 bridgehead atoms. The van der Waals surface area contributed by atoms with E-state index in [1.165, 1.54) is 0 Å². The maximum Gasteiger partial charge on any atom is 0.222 e. The first-order chi connectivity index (χ1) is 9.70. The highest BCUT2D eigenvalue weighted by atomic mass is 16.5. The van der Waals surface area contributed by atoms with E-state index in [9.17, 15) is 4.79 Å². The molecule has 1 amide bonds. The van der Waals surface area contributed by atoms with Crippen LogP contribution in [0.5, 0.6) is 0 Å². The first-order valence-corrected chi connectivity index (χ1v) is 7.20. The Bertz CT molecular complexity index is 451. The first-order valence-electron chi connectivity index (χ1n) is 7.20. The van der Waals surface area contributed by atoms with Gasteiger partial charge in [-0.15, -0.1) is 0 Å². The molecule has 2 fully saturated rings. The number of pyridine rings is 1. The van der Waals surface area contributed by atoms with Crippen molar-refractivity contribution in [1.29, 1.82) is 0 Å². The van der Waals surface area contributed by atoms with Crippen LogP contribution in [0.25, 0.3) is 0 Å². The molecule has 1 aromatic rings. The van der Waals surface area contributed by atoms with Crippen LogP contribution in [0.2, 0.25) is 0 Å². The van der Waals surface area contributed by atoms with Gasteiger partial charge in [0, 0.05) is 37.9 Å². The predicted octanol–water partition coefficient (Wildman–Crippen LogP) is 0.807. The number of carbonyl (C=O) groups is 1. The van der Waals surface area contributed by atoms with Crippen LogP contribution >= 0.6 is 0 Å². The van der Waals surface area contributed by atoms with Crippen LogP contribution in [0.1, 0.15) is 18.4 Å². The summed E-state index contributed by atoms with van der Waals surface area (Å²) < 4.78 is 5.96. The average molecular weight is 275 g/mol. The molecule has 2 saturated heterocycles. The van der Waals surface area contributed by atoms with Crippen LogP contribution in [0.15, 0.2) is 24.5 Å². The molecular weight excluding hydrogens is 254 g/mol. The van der Waals surface area contributed by atoms with Gasteiger partial charge in [0.2, 0.25) is 5.91 Å². The van der Waals surface area contributed by atoms with E-state index >= 15 is 0 Å². The second-order valence-electron chi connectivity index (χ2n) is 5.86. The lowest BCUT2D eigenvalue weighted by Crippen LogP contribution is -2.28.